The highest BCUT2D eigenvalue weighted by Gasteiger charge is 2.05. The van der Waals surface area contributed by atoms with E-state index in [2.05, 4.69) is 4.74 Å². The monoisotopic (exact) mass is 156 g/mol. The number of hydrogen-bond acceptors (Lipinski definition) is 4. The van der Waals surface area contributed by atoms with Crippen LogP contribution >= 0.6 is 0 Å². The molecule has 0 aliphatic carbocycles. The van der Waals surface area contributed by atoms with Crippen molar-refractivity contribution >= 4 is 5.97 Å². The van der Waals surface area contributed by atoms with Crippen LogP contribution in [0.25, 0.3) is 0 Å². The Morgan fingerprint density at radius 3 is 2.91 bits per heavy atom. The summed E-state index contributed by atoms with van der Waals surface area (Å²) < 4.78 is 4.40. The Bertz CT molecular complexity index is 162. The highest BCUT2D eigenvalue weighted by molar-refractivity contribution is 5.69. The number of nitriles is 1. The summed E-state index contributed by atoms with van der Waals surface area (Å²) in [6.45, 7) is 0. The molecule has 4 heteroatoms. The van der Waals surface area contributed by atoms with Crippen LogP contribution in [0.3, 0.4) is 0 Å². The van der Waals surface area contributed by atoms with E-state index >= 15 is 0 Å². The first kappa shape index (κ1) is 9.92. The summed E-state index contributed by atoms with van der Waals surface area (Å²) in [4.78, 5) is 10.6. The molecule has 0 heterocycles. The Kier molecular flexibility index (Phi) is 5.13. The number of ether oxygens (including phenoxy) is 1. The minimum absolute atomic E-state index is 0.209. The lowest BCUT2D eigenvalue weighted by molar-refractivity contribution is -0.140. The number of carbonyl (C=O) groups is 1. The number of rotatable bonds is 4. The van der Waals surface area contributed by atoms with Gasteiger partial charge in [0.05, 0.1) is 19.6 Å². The Morgan fingerprint density at radius 2 is 2.45 bits per heavy atom. The molecular weight excluding hydrogens is 144 g/mol. The molecule has 2 N–H and O–H groups in total. The summed E-state index contributed by atoms with van der Waals surface area (Å²) >= 11 is 0. The molecule has 0 unspecified atom stereocenters. The largest absolute Gasteiger partial charge is 0.469 e. The fraction of sp³-hybridized carbons (Fsp3) is 0.714. The van der Waals surface area contributed by atoms with Crippen LogP contribution in [0.15, 0.2) is 0 Å². The van der Waals surface area contributed by atoms with E-state index in [0.29, 0.717) is 12.8 Å². The molecule has 0 aliphatic rings. The van der Waals surface area contributed by atoms with Crippen LogP contribution in [-0.4, -0.2) is 19.1 Å². The van der Waals surface area contributed by atoms with E-state index in [1.54, 1.807) is 0 Å². The van der Waals surface area contributed by atoms with Crippen molar-refractivity contribution in [2.24, 2.45) is 5.73 Å². The molecule has 0 rings (SSSR count). The number of methoxy groups -OCH3 is 1. The molecule has 0 amide bonds. The number of nitrogens with zero attached hydrogens (tertiary/aromatic N) is 1. The van der Waals surface area contributed by atoms with Gasteiger partial charge in [-0.15, -0.1) is 0 Å². The van der Waals surface area contributed by atoms with Gasteiger partial charge in [0.1, 0.15) is 0 Å². The number of hydrogen-bond donors (Lipinski definition) is 1. The van der Waals surface area contributed by atoms with Crippen molar-refractivity contribution in [2.75, 3.05) is 7.11 Å². The van der Waals surface area contributed by atoms with E-state index in [4.69, 9.17) is 11.0 Å². The molecular formula is C7H12N2O2. The zero-order valence-electron chi connectivity index (χ0n) is 6.54. The summed E-state index contributed by atoms with van der Waals surface area (Å²) in [7, 11) is 1.33. The fourth-order valence-corrected chi connectivity index (χ4v) is 0.625. The average molecular weight is 156 g/mol. The van der Waals surface area contributed by atoms with Crippen LogP contribution in [0.1, 0.15) is 19.3 Å². The number of carbonyl (C=O) groups excluding carboxylic acids is 1. The van der Waals surface area contributed by atoms with Gasteiger partial charge in [0.25, 0.3) is 0 Å². The molecule has 0 saturated carbocycles. The van der Waals surface area contributed by atoms with Crippen molar-refractivity contribution in [1.82, 2.24) is 0 Å². The third kappa shape index (κ3) is 5.37. The van der Waals surface area contributed by atoms with E-state index < -0.39 is 0 Å². The van der Waals surface area contributed by atoms with Gasteiger partial charge in [0.15, 0.2) is 0 Å². The predicted molar refractivity (Wildman–Crippen MR) is 39.5 cm³/mol. The summed E-state index contributed by atoms with van der Waals surface area (Å²) in [6, 6.07) is 1.72. The number of esters is 1. The summed E-state index contributed by atoms with van der Waals surface area (Å²) in [5, 5.41) is 8.21. The third-order valence-electron chi connectivity index (χ3n) is 1.30. The van der Waals surface area contributed by atoms with Crippen LogP contribution in [-0.2, 0) is 9.53 Å². The molecule has 0 saturated heterocycles. The molecule has 0 fully saturated rings. The summed E-state index contributed by atoms with van der Waals surface area (Å²) in [5.74, 6) is -0.279. The first-order valence-corrected chi connectivity index (χ1v) is 3.40. The van der Waals surface area contributed by atoms with Crippen LogP contribution in [0.4, 0.5) is 0 Å². The zero-order chi connectivity index (χ0) is 8.69. The van der Waals surface area contributed by atoms with E-state index in [9.17, 15) is 4.79 Å². The van der Waals surface area contributed by atoms with Gasteiger partial charge in [-0.2, -0.15) is 5.26 Å². The minimum atomic E-state index is -0.279. The van der Waals surface area contributed by atoms with Gasteiger partial charge in [0, 0.05) is 12.5 Å². The quantitative estimate of drug-likeness (QED) is 0.589. The summed E-state index contributed by atoms with van der Waals surface area (Å²) in [6.07, 6.45) is 1.09. The summed E-state index contributed by atoms with van der Waals surface area (Å²) in [5.41, 5.74) is 5.46. The van der Waals surface area contributed by atoms with Crippen molar-refractivity contribution in [3.05, 3.63) is 0 Å². The maximum absolute atomic E-state index is 10.6. The first-order valence-electron chi connectivity index (χ1n) is 3.40. The molecule has 11 heavy (non-hydrogen) atoms. The van der Waals surface area contributed by atoms with E-state index in [-0.39, 0.29) is 18.4 Å². The van der Waals surface area contributed by atoms with Crippen LogP contribution < -0.4 is 5.73 Å². The second-order valence-corrected chi connectivity index (χ2v) is 2.24. The molecule has 0 aliphatic heterocycles. The molecule has 0 spiro atoms. The van der Waals surface area contributed by atoms with Gasteiger partial charge in [-0.1, -0.05) is 0 Å². The van der Waals surface area contributed by atoms with E-state index in [0.717, 1.165) is 0 Å². The average Bonchev–Trinajstić information content (AvgIpc) is 2.01. The molecule has 0 aromatic heterocycles. The Morgan fingerprint density at radius 1 is 1.82 bits per heavy atom. The zero-order valence-corrected chi connectivity index (χ0v) is 6.54. The number of nitrogens with two attached hydrogens (primary N) is 1. The van der Waals surface area contributed by atoms with Gasteiger partial charge >= 0.3 is 5.97 Å². The SMILES string of the molecule is COC(=O)CC[C@H](N)CC#N. The Hall–Kier alpha value is -1.08. The smallest absolute Gasteiger partial charge is 0.305 e. The molecule has 4 nitrogen and oxygen atoms in total. The van der Waals surface area contributed by atoms with Crippen molar-refractivity contribution in [3.8, 4) is 6.07 Å². The lowest BCUT2D eigenvalue weighted by Gasteiger charge is -2.04. The standard InChI is InChI=1S/C7H12N2O2/c1-11-7(10)3-2-6(9)4-5-8/h6H,2-4,9H2,1H3/t6-/m0/s1. The van der Waals surface area contributed by atoms with Gasteiger partial charge in [0.2, 0.25) is 0 Å². The topological polar surface area (TPSA) is 76.1 Å². The first-order chi connectivity index (χ1) is 5.20. The highest BCUT2D eigenvalue weighted by atomic mass is 16.5. The lowest BCUT2D eigenvalue weighted by Crippen LogP contribution is -2.20. The molecule has 0 aromatic carbocycles. The molecule has 0 radical (unpaired) electrons. The van der Waals surface area contributed by atoms with Crippen molar-refractivity contribution in [1.29, 1.82) is 5.26 Å². The third-order valence-corrected chi connectivity index (χ3v) is 1.30. The minimum Gasteiger partial charge on any atom is -0.469 e. The van der Waals surface area contributed by atoms with Gasteiger partial charge < -0.3 is 10.5 Å². The van der Waals surface area contributed by atoms with E-state index in [1.165, 1.54) is 7.11 Å². The second kappa shape index (κ2) is 5.69. The van der Waals surface area contributed by atoms with Gasteiger partial charge in [-0.3, -0.25) is 4.79 Å². The second-order valence-electron chi connectivity index (χ2n) is 2.24. The maximum Gasteiger partial charge on any atom is 0.305 e. The van der Waals surface area contributed by atoms with Gasteiger partial charge in [-0.05, 0) is 6.42 Å². The Labute approximate surface area is 65.9 Å². The van der Waals surface area contributed by atoms with Gasteiger partial charge in [-0.25, -0.2) is 0 Å². The van der Waals surface area contributed by atoms with Crippen LogP contribution in [0.5, 0.6) is 0 Å². The van der Waals surface area contributed by atoms with Crippen molar-refractivity contribution in [2.45, 2.75) is 25.3 Å². The highest BCUT2D eigenvalue weighted by Crippen LogP contribution is 1.98. The van der Waals surface area contributed by atoms with E-state index in [1.807, 2.05) is 6.07 Å². The molecule has 0 bridgehead atoms. The predicted octanol–water partition coefficient (Wildman–Crippen LogP) is 0.181. The molecule has 1 atom stereocenters. The fourth-order valence-electron chi connectivity index (χ4n) is 0.625. The molecule has 0 aromatic rings. The lowest BCUT2D eigenvalue weighted by atomic mass is 10.1. The van der Waals surface area contributed by atoms with Crippen molar-refractivity contribution in [3.63, 3.8) is 0 Å². The molecule has 62 valence electrons. The normalized spacial score (nSPS) is 11.7. The maximum atomic E-state index is 10.6. The van der Waals surface area contributed by atoms with Crippen LogP contribution in [0, 0.1) is 11.3 Å². The van der Waals surface area contributed by atoms with Crippen molar-refractivity contribution < 1.29 is 9.53 Å². The van der Waals surface area contributed by atoms with Crippen LogP contribution in [0.2, 0.25) is 0 Å². The Balaban J connectivity index is 3.39.